The topological polar surface area (TPSA) is 76.6 Å². The van der Waals surface area contributed by atoms with E-state index in [4.69, 9.17) is 0 Å². The maximum absolute atomic E-state index is 12.4. The third kappa shape index (κ3) is 3.78. The maximum Gasteiger partial charge on any atom is 0.254 e. The molecule has 0 aliphatic carbocycles. The fraction of sp³-hybridized carbons (Fsp3) is 0.294. The monoisotopic (exact) mass is 313 g/mol. The number of aromatic hydroxyl groups is 1. The zero-order valence-electron chi connectivity index (χ0n) is 12.7. The summed E-state index contributed by atoms with van der Waals surface area (Å²) in [6.45, 7) is 3.67. The Bertz CT molecular complexity index is 734. The van der Waals surface area contributed by atoms with Crippen molar-refractivity contribution in [3.05, 3.63) is 63.9 Å². The summed E-state index contributed by atoms with van der Waals surface area (Å²) in [6.07, 6.45) is 0. The van der Waals surface area contributed by atoms with Gasteiger partial charge in [0.2, 0.25) is 0 Å². The number of pyridine rings is 1. The molecule has 2 aromatic rings. The Balaban J connectivity index is 1.60. The average Bonchev–Trinajstić information content (AvgIpc) is 2.55. The molecule has 0 saturated carbocycles. The van der Waals surface area contributed by atoms with Crippen molar-refractivity contribution in [2.75, 3.05) is 26.2 Å². The number of carbonyl (C=O) groups is 1. The number of nitrogens with zero attached hydrogens (tertiary/aromatic N) is 2. The number of hydrogen-bond donors (Lipinski definition) is 2. The summed E-state index contributed by atoms with van der Waals surface area (Å²) in [5, 5.41) is 9.41. The molecule has 1 fully saturated rings. The molecule has 1 aliphatic heterocycles. The van der Waals surface area contributed by atoms with Gasteiger partial charge < -0.3 is 10.0 Å². The smallest absolute Gasteiger partial charge is 0.254 e. The van der Waals surface area contributed by atoms with Crippen molar-refractivity contribution >= 4 is 5.91 Å². The van der Waals surface area contributed by atoms with E-state index in [-0.39, 0.29) is 17.4 Å². The molecule has 2 N–H and O–H groups in total. The van der Waals surface area contributed by atoms with Gasteiger partial charge in [0.05, 0.1) is 5.56 Å². The molecule has 1 aromatic carbocycles. The standard InChI is InChI=1S/C17H19N3O3/c21-15-10-14(11-16(22)18-15)17(23)20-8-6-19(7-9-20)12-13-4-2-1-3-5-13/h1-5,10-11H,6-9,12H2,(H2,18,21,22). The molecule has 6 heteroatoms. The minimum atomic E-state index is -0.476. The third-order valence-electron chi connectivity index (χ3n) is 3.99. The number of piperazine rings is 1. The van der Waals surface area contributed by atoms with Gasteiger partial charge in [0.15, 0.2) is 5.88 Å². The largest absolute Gasteiger partial charge is 0.494 e. The van der Waals surface area contributed by atoms with E-state index in [1.54, 1.807) is 4.90 Å². The second-order valence-corrected chi connectivity index (χ2v) is 5.67. The SMILES string of the molecule is O=C(c1cc(O)[nH]c(=O)c1)N1CCN(Cc2ccccc2)CC1. The van der Waals surface area contributed by atoms with Crippen molar-refractivity contribution in [2.24, 2.45) is 0 Å². The van der Waals surface area contributed by atoms with Crippen LogP contribution in [-0.4, -0.2) is 52.0 Å². The number of hydrogen-bond acceptors (Lipinski definition) is 4. The highest BCUT2D eigenvalue weighted by Crippen LogP contribution is 2.12. The molecule has 0 bridgehead atoms. The van der Waals surface area contributed by atoms with Crippen LogP contribution in [0.3, 0.4) is 0 Å². The van der Waals surface area contributed by atoms with Crippen LogP contribution < -0.4 is 5.56 Å². The van der Waals surface area contributed by atoms with Crippen LogP contribution in [0.4, 0.5) is 0 Å². The molecule has 23 heavy (non-hydrogen) atoms. The molecule has 1 aromatic heterocycles. The molecular formula is C17H19N3O3. The molecule has 2 heterocycles. The minimum Gasteiger partial charge on any atom is -0.494 e. The first-order chi connectivity index (χ1) is 11.1. The first-order valence-electron chi connectivity index (χ1n) is 7.61. The summed E-state index contributed by atoms with van der Waals surface area (Å²) in [6, 6.07) is 12.7. The van der Waals surface area contributed by atoms with Crippen LogP contribution in [0.5, 0.6) is 5.88 Å². The molecule has 0 atom stereocenters. The normalized spacial score (nSPS) is 15.6. The molecule has 1 amide bonds. The summed E-state index contributed by atoms with van der Waals surface area (Å²) >= 11 is 0. The summed E-state index contributed by atoms with van der Waals surface area (Å²) in [5.74, 6) is -0.505. The maximum atomic E-state index is 12.4. The zero-order valence-corrected chi connectivity index (χ0v) is 12.7. The van der Waals surface area contributed by atoms with E-state index in [9.17, 15) is 14.7 Å². The average molecular weight is 313 g/mol. The highest BCUT2D eigenvalue weighted by molar-refractivity contribution is 5.94. The quantitative estimate of drug-likeness (QED) is 0.887. The molecule has 120 valence electrons. The van der Waals surface area contributed by atoms with Crippen LogP contribution in [-0.2, 0) is 6.54 Å². The van der Waals surface area contributed by atoms with Crippen LogP contribution in [0.2, 0.25) is 0 Å². The van der Waals surface area contributed by atoms with Gasteiger partial charge in [-0.05, 0) is 5.56 Å². The minimum absolute atomic E-state index is 0.217. The Morgan fingerprint density at radius 2 is 1.78 bits per heavy atom. The van der Waals surface area contributed by atoms with Crippen LogP contribution in [0.1, 0.15) is 15.9 Å². The van der Waals surface area contributed by atoms with Crippen LogP contribution >= 0.6 is 0 Å². The number of benzene rings is 1. The number of amides is 1. The van der Waals surface area contributed by atoms with E-state index >= 15 is 0 Å². The second-order valence-electron chi connectivity index (χ2n) is 5.67. The Morgan fingerprint density at radius 1 is 1.09 bits per heavy atom. The predicted octanol–water partition coefficient (Wildman–Crippen LogP) is 1.04. The van der Waals surface area contributed by atoms with E-state index < -0.39 is 5.56 Å². The van der Waals surface area contributed by atoms with Gasteiger partial charge in [0, 0.05) is 44.9 Å². The van der Waals surface area contributed by atoms with Crippen LogP contribution in [0.15, 0.2) is 47.3 Å². The molecule has 1 saturated heterocycles. The van der Waals surface area contributed by atoms with Gasteiger partial charge in [-0.3, -0.25) is 19.5 Å². The number of rotatable bonds is 3. The Morgan fingerprint density at radius 3 is 2.43 bits per heavy atom. The molecule has 6 nitrogen and oxygen atoms in total. The van der Waals surface area contributed by atoms with Crippen molar-refractivity contribution < 1.29 is 9.90 Å². The van der Waals surface area contributed by atoms with Crippen LogP contribution in [0.25, 0.3) is 0 Å². The third-order valence-corrected chi connectivity index (χ3v) is 3.99. The lowest BCUT2D eigenvalue weighted by Gasteiger charge is -2.34. The Kier molecular flexibility index (Phi) is 4.43. The molecule has 0 radical (unpaired) electrons. The first kappa shape index (κ1) is 15.3. The number of aromatic nitrogens is 1. The summed E-state index contributed by atoms with van der Waals surface area (Å²) in [5.41, 5.74) is 1.01. The fourth-order valence-corrected chi connectivity index (χ4v) is 2.79. The Hall–Kier alpha value is -2.60. The van der Waals surface area contributed by atoms with Gasteiger partial charge in [-0.25, -0.2) is 0 Å². The number of aromatic amines is 1. The number of H-pyrrole nitrogens is 1. The van der Waals surface area contributed by atoms with Crippen molar-refractivity contribution in [1.29, 1.82) is 0 Å². The van der Waals surface area contributed by atoms with Gasteiger partial charge in [-0.15, -0.1) is 0 Å². The first-order valence-corrected chi connectivity index (χ1v) is 7.61. The lowest BCUT2D eigenvalue weighted by molar-refractivity contribution is 0.0627. The van der Waals surface area contributed by atoms with E-state index in [0.717, 1.165) is 19.6 Å². The highest BCUT2D eigenvalue weighted by atomic mass is 16.3. The van der Waals surface area contributed by atoms with Gasteiger partial charge in [-0.1, -0.05) is 30.3 Å². The highest BCUT2D eigenvalue weighted by Gasteiger charge is 2.22. The molecule has 0 spiro atoms. The van der Waals surface area contributed by atoms with E-state index in [2.05, 4.69) is 22.0 Å². The Labute approximate surface area is 134 Å². The second kappa shape index (κ2) is 6.66. The summed E-state index contributed by atoms with van der Waals surface area (Å²) in [4.78, 5) is 30.0. The molecular weight excluding hydrogens is 294 g/mol. The van der Waals surface area contributed by atoms with Gasteiger partial charge in [0.1, 0.15) is 0 Å². The molecule has 1 aliphatic rings. The van der Waals surface area contributed by atoms with E-state index in [1.807, 2.05) is 18.2 Å². The zero-order chi connectivity index (χ0) is 16.2. The van der Waals surface area contributed by atoms with Gasteiger partial charge >= 0.3 is 0 Å². The number of carbonyl (C=O) groups excluding carboxylic acids is 1. The fourth-order valence-electron chi connectivity index (χ4n) is 2.79. The van der Waals surface area contributed by atoms with Crippen molar-refractivity contribution in [1.82, 2.24) is 14.8 Å². The van der Waals surface area contributed by atoms with Gasteiger partial charge in [0.25, 0.3) is 11.5 Å². The van der Waals surface area contributed by atoms with E-state index in [1.165, 1.54) is 17.7 Å². The lowest BCUT2D eigenvalue weighted by atomic mass is 10.2. The molecule has 0 unspecified atom stereocenters. The summed E-state index contributed by atoms with van der Waals surface area (Å²) in [7, 11) is 0. The van der Waals surface area contributed by atoms with Crippen molar-refractivity contribution in [2.45, 2.75) is 6.54 Å². The van der Waals surface area contributed by atoms with Crippen LogP contribution in [0, 0.1) is 0 Å². The predicted molar refractivity (Wildman–Crippen MR) is 86.4 cm³/mol. The number of nitrogens with one attached hydrogen (secondary N) is 1. The molecule has 3 rings (SSSR count). The van der Waals surface area contributed by atoms with E-state index in [0.29, 0.717) is 13.1 Å². The summed E-state index contributed by atoms with van der Waals surface area (Å²) < 4.78 is 0. The lowest BCUT2D eigenvalue weighted by Crippen LogP contribution is -2.48. The van der Waals surface area contributed by atoms with Crippen molar-refractivity contribution in [3.63, 3.8) is 0 Å². The van der Waals surface area contributed by atoms with Gasteiger partial charge in [-0.2, -0.15) is 0 Å². The van der Waals surface area contributed by atoms with Crippen molar-refractivity contribution in [3.8, 4) is 5.88 Å².